The maximum Gasteiger partial charge on any atom is 0.408 e. The Morgan fingerprint density at radius 2 is 2.05 bits per heavy atom. The van der Waals surface area contributed by atoms with Gasteiger partial charge in [-0.1, -0.05) is 5.21 Å². The Hall–Kier alpha value is -2.45. The molecule has 0 radical (unpaired) electrons. The molecule has 0 fully saturated rings. The van der Waals surface area contributed by atoms with Crippen LogP contribution in [0.2, 0.25) is 0 Å². The van der Waals surface area contributed by atoms with Gasteiger partial charge in [0.1, 0.15) is 12.1 Å². The van der Waals surface area contributed by atoms with Crippen LogP contribution in [-0.4, -0.2) is 44.4 Å². The van der Waals surface area contributed by atoms with Crippen LogP contribution in [0.25, 0.3) is 0 Å². The number of amides is 2. The second-order valence-corrected chi connectivity index (χ2v) is 5.50. The summed E-state index contributed by atoms with van der Waals surface area (Å²) in [6.45, 7) is 6.55. The molecule has 0 bridgehead atoms. The first kappa shape index (κ1) is 16.6. The number of nitrogens with two attached hydrogens (primary N) is 1. The minimum Gasteiger partial charge on any atom is -0.444 e. The lowest BCUT2D eigenvalue weighted by Gasteiger charge is -2.21. The molecule has 1 rings (SSSR count). The predicted octanol–water partition coefficient (Wildman–Crippen LogP) is -0.141. The van der Waals surface area contributed by atoms with Crippen molar-refractivity contribution in [3.63, 3.8) is 0 Å². The van der Waals surface area contributed by atoms with Crippen molar-refractivity contribution < 1.29 is 19.1 Å². The first-order chi connectivity index (χ1) is 9.58. The average Bonchev–Trinajstić information content (AvgIpc) is 2.74. The summed E-state index contributed by atoms with van der Waals surface area (Å²) in [6.07, 6.45) is 0.584. The number of hydrogen-bond donors (Lipinski definition) is 2. The van der Waals surface area contributed by atoms with Crippen LogP contribution in [0.15, 0.2) is 6.20 Å². The van der Waals surface area contributed by atoms with Crippen LogP contribution in [0.5, 0.6) is 0 Å². The highest BCUT2D eigenvalue weighted by atomic mass is 16.6. The van der Waals surface area contributed by atoms with Crippen molar-refractivity contribution in [1.82, 2.24) is 20.3 Å². The largest absolute Gasteiger partial charge is 0.444 e. The van der Waals surface area contributed by atoms with Crippen LogP contribution >= 0.6 is 0 Å². The number of primary amides is 1. The number of nitrogens with one attached hydrogen (secondary N) is 1. The van der Waals surface area contributed by atoms with Gasteiger partial charge in [0.05, 0.1) is 12.2 Å². The minimum absolute atomic E-state index is 0.0319. The fraction of sp³-hybridized carbons (Fsp3) is 0.583. The first-order valence-corrected chi connectivity index (χ1v) is 6.30. The van der Waals surface area contributed by atoms with Gasteiger partial charge in [-0.2, -0.15) is 0 Å². The SMILES string of the molecule is C[C@H](NC(=O)OC(C)(C)C)C(=O)Cn1cc(C(N)=O)nn1. The maximum absolute atomic E-state index is 11.9. The van der Waals surface area contributed by atoms with Crippen molar-refractivity contribution in [3.8, 4) is 0 Å². The van der Waals surface area contributed by atoms with Crippen LogP contribution < -0.4 is 11.1 Å². The smallest absolute Gasteiger partial charge is 0.408 e. The number of aromatic nitrogens is 3. The first-order valence-electron chi connectivity index (χ1n) is 6.30. The molecule has 2 amide bonds. The van der Waals surface area contributed by atoms with Crippen LogP contribution in [0.1, 0.15) is 38.2 Å². The Morgan fingerprint density at radius 1 is 1.43 bits per heavy atom. The molecule has 0 unspecified atom stereocenters. The maximum atomic E-state index is 11.9. The van der Waals surface area contributed by atoms with Gasteiger partial charge in [0, 0.05) is 0 Å². The van der Waals surface area contributed by atoms with E-state index in [2.05, 4.69) is 15.6 Å². The van der Waals surface area contributed by atoms with Gasteiger partial charge in [-0.25, -0.2) is 9.48 Å². The summed E-state index contributed by atoms with van der Waals surface area (Å²) in [5.74, 6) is -1.05. The fourth-order valence-electron chi connectivity index (χ4n) is 1.35. The molecule has 1 atom stereocenters. The third-order valence-electron chi connectivity index (χ3n) is 2.33. The van der Waals surface area contributed by atoms with Gasteiger partial charge in [0.25, 0.3) is 5.91 Å². The molecule has 0 aliphatic carbocycles. The third kappa shape index (κ3) is 5.59. The molecule has 9 nitrogen and oxygen atoms in total. The number of rotatable bonds is 5. The average molecular weight is 297 g/mol. The summed E-state index contributed by atoms with van der Waals surface area (Å²) in [7, 11) is 0. The van der Waals surface area contributed by atoms with Gasteiger partial charge in [-0.3, -0.25) is 9.59 Å². The van der Waals surface area contributed by atoms with Gasteiger partial charge >= 0.3 is 6.09 Å². The second-order valence-electron chi connectivity index (χ2n) is 5.50. The van der Waals surface area contributed by atoms with Crippen molar-refractivity contribution >= 4 is 17.8 Å². The van der Waals surface area contributed by atoms with Crippen LogP contribution in [0.4, 0.5) is 4.79 Å². The summed E-state index contributed by atoms with van der Waals surface area (Å²) in [4.78, 5) is 34.3. The molecule has 1 aromatic heterocycles. The number of Topliss-reactive ketones (excluding diaryl/α,β-unsaturated/α-hetero) is 1. The molecule has 3 N–H and O–H groups in total. The van der Waals surface area contributed by atoms with Crippen LogP contribution in [0, 0.1) is 0 Å². The molecule has 0 spiro atoms. The fourth-order valence-corrected chi connectivity index (χ4v) is 1.35. The van der Waals surface area contributed by atoms with E-state index in [1.54, 1.807) is 20.8 Å². The number of carbonyl (C=O) groups excluding carboxylic acids is 3. The van der Waals surface area contributed by atoms with Crippen LogP contribution in [-0.2, 0) is 16.1 Å². The lowest BCUT2D eigenvalue weighted by atomic mass is 10.2. The Kier molecular flexibility index (Phi) is 5.01. The summed E-state index contributed by atoms with van der Waals surface area (Å²) in [5.41, 5.74) is 4.35. The van der Waals surface area contributed by atoms with Gasteiger partial charge in [-0.05, 0) is 27.7 Å². The van der Waals surface area contributed by atoms with Crippen molar-refractivity contribution in [2.45, 2.75) is 45.9 Å². The minimum atomic E-state index is -0.763. The standard InChI is InChI=1S/C12H19N5O4/c1-7(14-11(20)21-12(2,3)4)9(18)6-17-5-8(10(13)19)15-16-17/h5,7H,6H2,1-4H3,(H2,13,19)(H,14,20)/t7-/m0/s1. The molecule has 116 valence electrons. The molecule has 1 aromatic rings. The zero-order chi connectivity index (χ0) is 16.2. The zero-order valence-corrected chi connectivity index (χ0v) is 12.4. The number of hydrogen-bond acceptors (Lipinski definition) is 6. The molecule has 0 saturated heterocycles. The molecule has 0 aliphatic rings. The Balaban J connectivity index is 2.54. The summed E-state index contributed by atoms with van der Waals surface area (Å²) in [5, 5.41) is 9.53. The predicted molar refractivity (Wildman–Crippen MR) is 72.4 cm³/mol. The van der Waals surface area contributed by atoms with E-state index in [-0.39, 0.29) is 18.0 Å². The quantitative estimate of drug-likeness (QED) is 0.778. The number of nitrogens with zero attached hydrogens (tertiary/aromatic N) is 3. The Bertz CT molecular complexity index is 546. The van der Waals surface area contributed by atoms with Gasteiger partial charge in [-0.15, -0.1) is 5.10 Å². The monoisotopic (exact) mass is 297 g/mol. The Labute approximate surface area is 121 Å². The molecule has 0 saturated carbocycles. The van der Waals surface area contributed by atoms with E-state index < -0.39 is 23.6 Å². The number of ether oxygens (including phenoxy) is 1. The molecular formula is C12H19N5O4. The van der Waals surface area contributed by atoms with E-state index in [1.807, 2.05) is 0 Å². The lowest BCUT2D eigenvalue weighted by molar-refractivity contribution is -0.121. The van der Waals surface area contributed by atoms with E-state index in [0.29, 0.717) is 0 Å². The van der Waals surface area contributed by atoms with E-state index in [9.17, 15) is 14.4 Å². The summed E-state index contributed by atoms with van der Waals surface area (Å²) < 4.78 is 6.22. The topological polar surface area (TPSA) is 129 Å². The van der Waals surface area contributed by atoms with Crippen molar-refractivity contribution in [2.75, 3.05) is 0 Å². The molecule has 9 heteroatoms. The molecule has 21 heavy (non-hydrogen) atoms. The molecular weight excluding hydrogens is 278 g/mol. The number of ketones is 1. The summed E-state index contributed by atoms with van der Waals surface area (Å²) >= 11 is 0. The highest BCUT2D eigenvalue weighted by Gasteiger charge is 2.21. The normalized spacial score (nSPS) is 12.6. The number of alkyl carbamates (subject to hydrolysis) is 1. The van der Waals surface area contributed by atoms with E-state index >= 15 is 0 Å². The van der Waals surface area contributed by atoms with E-state index in [0.717, 1.165) is 0 Å². The Morgan fingerprint density at radius 3 is 2.52 bits per heavy atom. The van der Waals surface area contributed by atoms with Crippen molar-refractivity contribution in [1.29, 1.82) is 0 Å². The van der Waals surface area contributed by atoms with Crippen molar-refractivity contribution in [3.05, 3.63) is 11.9 Å². The number of carbonyl (C=O) groups is 3. The third-order valence-corrected chi connectivity index (χ3v) is 2.33. The van der Waals surface area contributed by atoms with Crippen LogP contribution in [0.3, 0.4) is 0 Å². The second kappa shape index (κ2) is 6.33. The highest BCUT2D eigenvalue weighted by molar-refractivity contribution is 5.90. The molecule has 0 aliphatic heterocycles. The van der Waals surface area contributed by atoms with Gasteiger partial charge in [0.15, 0.2) is 11.5 Å². The highest BCUT2D eigenvalue weighted by Crippen LogP contribution is 2.06. The van der Waals surface area contributed by atoms with E-state index in [1.165, 1.54) is 17.8 Å². The van der Waals surface area contributed by atoms with E-state index in [4.69, 9.17) is 10.5 Å². The van der Waals surface area contributed by atoms with Gasteiger partial charge < -0.3 is 15.8 Å². The zero-order valence-electron chi connectivity index (χ0n) is 12.4. The van der Waals surface area contributed by atoms with Crippen molar-refractivity contribution in [2.24, 2.45) is 5.73 Å². The van der Waals surface area contributed by atoms with Gasteiger partial charge in [0.2, 0.25) is 0 Å². The molecule has 1 heterocycles. The lowest BCUT2D eigenvalue weighted by Crippen LogP contribution is -2.42. The summed E-state index contributed by atoms with van der Waals surface area (Å²) in [6, 6.07) is -0.763. The molecule has 0 aromatic carbocycles.